The van der Waals surface area contributed by atoms with Crippen LogP contribution in [0.5, 0.6) is 0 Å². The molecule has 0 spiro atoms. The molecule has 2 amide bonds. The molecule has 1 aromatic rings. The molecule has 1 saturated carbocycles. The van der Waals surface area contributed by atoms with E-state index in [-0.39, 0.29) is 24.1 Å². The Morgan fingerprint density at radius 3 is 2.90 bits per heavy atom. The molecule has 2 N–H and O–H groups in total. The van der Waals surface area contributed by atoms with Gasteiger partial charge in [0.2, 0.25) is 0 Å². The molecule has 5 nitrogen and oxygen atoms in total. The number of halogens is 1. The number of amides is 2. The molecular formula is C15H19ClN2O3. The highest BCUT2D eigenvalue weighted by Crippen LogP contribution is 2.43. The molecule has 0 bridgehead atoms. The van der Waals surface area contributed by atoms with Gasteiger partial charge < -0.3 is 20.1 Å². The lowest BCUT2D eigenvalue weighted by Crippen LogP contribution is -2.63. The summed E-state index contributed by atoms with van der Waals surface area (Å²) in [5.41, 5.74) is 0.721. The highest BCUT2D eigenvalue weighted by Gasteiger charge is 2.54. The smallest absolute Gasteiger partial charge is 0.319 e. The van der Waals surface area contributed by atoms with E-state index < -0.39 is 0 Å². The largest absolute Gasteiger partial charge is 0.384 e. The van der Waals surface area contributed by atoms with Crippen LogP contribution in [0.25, 0.3) is 0 Å². The zero-order valence-electron chi connectivity index (χ0n) is 11.8. The first-order valence-electron chi connectivity index (χ1n) is 7.12. The summed E-state index contributed by atoms with van der Waals surface area (Å²) < 4.78 is 10.9. The van der Waals surface area contributed by atoms with E-state index in [0.717, 1.165) is 18.7 Å². The summed E-state index contributed by atoms with van der Waals surface area (Å²) in [5, 5.41) is 6.51. The van der Waals surface area contributed by atoms with Gasteiger partial charge in [-0.25, -0.2) is 4.79 Å². The highest BCUT2D eigenvalue weighted by atomic mass is 35.5. The number of hydrogen-bond donors (Lipinski definition) is 2. The van der Waals surface area contributed by atoms with E-state index in [0.29, 0.717) is 17.5 Å². The van der Waals surface area contributed by atoms with Gasteiger partial charge in [0.05, 0.1) is 12.7 Å². The molecule has 2 aliphatic rings. The molecule has 21 heavy (non-hydrogen) atoms. The van der Waals surface area contributed by atoms with E-state index >= 15 is 0 Å². The summed E-state index contributed by atoms with van der Waals surface area (Å²) in [5.74, 6) is 0.639. The minimum Gasteiger partial charge on any atom is -0.384 e. The second-order valence-corrected chi connectivity index (χ2v) is 5.97. The Morgan fingerprint density at radius 2 is 2.19 bits per heavy atom. The summed E-state index contributed by atoms with van der Waals surface area (Å²) in [7, 11) is 1.67. The summed E-state index contributed by atoms with van der Waals surface area (Å²) in [6.07, 6.45) is 1.22. The lowest BCUT2D eigenvalue weighted by atomic mass is 9.67. The molecule has 2 fully saturated rings. The van der Waals surface area contributed by atoms with Gasteiger partial charge in [0.15, 0.2) is 0 Å². The molecule has 114 valence electrons. The first-order chi connectivity index (χ1) is 10.2. The van der Waals surface area contributed by atoms with E-state index in [1.807, 2.05) is 0 Å². The van der Waals surface area contributed by atoms with Crippen LogP contribution in [0.1, 0.15) is 6.42 Å². The van der Waals surface area contributed by atoms with Gasteiger partial charge >= 0.3 is 6.03 Å². The average Bonchev–Trinajstić information content (AvgIpc) is 2.89. The van der Waals surface area contributed by atoms with Crippen LogP contribution in [0.2, 0.25) is 5.02 Å². The standard InChI is InChI=1S/C15H19ClN2O3/c1-20-8-12-13(11-6-7-21-14(11)12)18-15(19)17-10-4-2-9(16)3-5-10/h2-5,11-14H,6-8H2,1H3,(H2,17,18,19)/t11-,12+,13+,14-/m0/s1. The summed E-state index contributed by atoms with van der Waals surface area (Å²) >= 11 is 5.82. The van der Waals surface area contributed by atoms with Crippen molar-refractivity contribution in [2.75, 3.05) is 25.6 Å². The van der Waals surface area contributed by atoms with Crippen molar-refractivity contribution in [2.24, 2.45) is 11.8 Å². The Labute approximate surface area is 128 Å². The van der Waals surface area contributed by atoms with Gasteiger partial charge in [-0.15, -0.1) is 0 Å². The van der Waals surface area contributed by atoms with E-state index in [1.54, 1.807) is 31.4 Å². The maximum atomic E-state index is 12.1. The number of ether oxygens (including phenoxy) is 2. The maximum absolute atomic E-state index is 12.1. The first-order valence-corrected chi connectivity index (χ1v) is 7.50. The lowest BCUT2D eigenvalue weighted by molar-refractivity contribution is -0.0798. The topological polar surface area (TPSA) is 59.6 Å². The number of rotatable bonds is 4. The van der Waals surface area contributed by atoms with Crippen LogP contribution < -0.4 is 10.6 Å². The minimum absolute atomic E-state index is 0.116. The first kappa shape index (κ1) is 14.6. The van der Waals surface area contributed by atoms with Crippen LogP contribution in [-0.4, -0.2) is 38.5 Å². The number of nitrogens with one attached hydrogen (secondary N) is 2. The predicted molar refractivity (Wildman–Crippen MR) is 80.6 cm³/mol. The fourth-order valence-electron chi connectivity index (χ4n) is 3.29. The van der Waals surface area contributed by atoms with Crippen LogP contribution >= 0.6 is 11.6 Å². The van der Waals surface area contributed by atoms with E-state index in [1.165, 1.54) is 0 Å². The van der Waals surface area contributed by atoms with Crippen LogP contribution in [0, 0.1) is 11.8 Å². The fraction of sp³-hybridized carbons (Fsp3) is 0.533. The number of carbonyl (C=O) groups excluding carboxylic acids is 1. The molecular weight excluding hydrogens is 292 g/mol. The van der Waals surface area contributed by atoms with Crippen molar-refractivity contribution in [3.8, 4) is 0 Å². The van der Waals surface area contributed by atoms with Crippen molar-refractivity contribution in [3.63, 3.8) is 0 Å². The third-order valence-corrected chi connectivity index (χ3v) is 4.54. The number of hydrogen-bond acceptors (Lipinski definition) is 3. The molecule has 6 heteroatoms. The minimum atomic E-state index is -0.200. The predicted octanol–water partition coefficient (Wildman–Crippen LogP) is 2.51. The number of urea groups is 1. The van der Waals surface area contributed by atoms with Gasteiger partial charge in [-0.2, -0.15) is 0 Å². The number of methoxy groups -OCH3 is 1. The Kier molecular flexibility index (Phi) is 4.33. The number of fused-ring (bicyclic) bond motifs is 1. The van der Waals surface area contributed by atoms with Crippen LogP contribution in [0.15, 0.2) is 24.3 Å². The second kappa shape index (κ2) is 6.22. The highest BCUT2D eigenvalue weighted by molar-refractivity contribution is 6.30. The zero-order valence-corrected chi connectivity index (χ0v) is 12.6. The normalized spacial score (nSPS) is 30.4. The van der Waals surface area contributed by atoms with Crippen LogP contribution in [0.3, 0.4) is 0 Å². The molecule has 3 rings (SSSR count). The van der Waals surface area contributed by atoms with E-state index in [4.69, 9.17) is 21.1 Å². The van der Waals surface area contributed by atoms with E-state index in [2.05, 4.69) is 10.6 Å². The van der Waals surface area contributed by atoms with Gasteiger partial charge in [0.1, 0.15) is 0 Å². The Morgan fingerprint density at radius 1 is 1.43 bits per heavy atom. The zero-order chi connectivity index (χ0) is 14.8. The lowest BCUT2D eigenvalue weighted by Gasteiger charge is -2.47. The van der Waals surface area contributed by atoms with Crippen molar-refractivity contribution in [1.82, 2.24) is 5.32 Å². The van der Waals surface area contributed by atoms with Crippen molar-refractivity contribution in [1.29, 1.82) is 0 Å². The number of benzene rings is 1. The van der Waals surface area contributed by atoms with Gasteiger partial charge in [-0.3, -0.25) is 0 Å². The molecule has 1 aliphatic carbocycles. The molecule has 4 atom stereocenters. The molecule has 0 aromatic heterocycles. The van der Waals surface area contributed by atoms with Gasteiger partial charge in [-0.05, 0) is 30.7 Å². The Hall–Kier alpha value is -1.30. The van der Waals surface area contributed by atoms with Crippen molar-refractivity contribution >= 4 is 23.3 Å². The van der Waals surface area contributed by atoms with Crippen molar-refractivity contribution in [2.45, 2.75) is 18.6 Å². The number of anilines is 1. The quantitative estimate of drug-likeness (QED) is 0.898. The van der Waals surface area contributed by atoms with E-state index in [9.17, 15) is 4.79 Å². The monoisotopic (exact) mass is 310 g/mol. The molecule has 1 saturated heterocycles. The third-order valence-electron chi connectivity index (χ3n) is 4.29. The van der Waals surface area contributed by atoms with Crippen LogP contribution in [-0.2, 0) is 9.47 Å². The summed E-state index contributed by atoms with van der Waals surface area (Å²) in [6, 6.07) is 6.95. The average molecular weight is 311 g/mol. The summed E-state index contributed by atoms with van der Waals surface area (Å²) in [4.78, 5) is 12.1. The third kappa shape index (κ3) is 3.00. The molecule has 1 heterocycles. The Bertz CT molecular complexity index is 508. The molecule has 0 unspecified atom stereocenters. The van der Waals surface area contributed by atoms with Crippen molar-refractivity contribution in [3.05, 3.63) is 29.3 Å². The maximum Gasteiger partial charge on any atom is 0.319 e. The fourth-order valence-corrected chi connectivity index (χ4v) is 3.41. The van der Waals surface area contributed by atoms with Crippen molar-refractivity contribution < 1.29 is 14.3 Å². The second-order valence-electron chi connectivity index (χ2n) is 5.54. The Balaban J connectivity index is 1.57. The SMILES string of the molecule is COC[C@@H]1[C@H](NC(=O)Nc2ccc(Cl)cc2)[C@@H]2CCO[C@H]12. The molecule has 1 aromatic carbocycles. The number of carbonyl (C=O) groups is 1. The van der Waals surface area contributed by atoms with Crippen LogP contribution in [0.4, 0.5) is 10.5 Å². The van der Waals surface area contributed by atoms with Gasteiger partial charge in [-0.1, -0.05) is 11.6 Å². The molecule has 1 aliphatic heterocycles. The van der Waals surface area contributed by atoms with Gasteiger partial charge in [0.25, 0.3) is 0 Å². The summed E-state index contributed by atoms with van der Waals surface area (Å²) in [6.45, 7) is 1.37. The molecule has 0 radical (unpaired) electrons. The van der Waals surface area contributed by atoms with Gasteiger partial charge in [0, 0.05) is 42.3 Å².